The second-order valence-corrected chi connectivity index (χ2v) is 6.60. The van der Waals surface area contributed by atoms with E-state index in [0.29, 0.717) is 19.2 Å². The van der Waals surface area contributed by atoms with E-state index in [1.165, 1.54) is 6.42 Å². The molecular formula is C18H26N2O3. The lowest BCUT2D eigenvalue weighted by atomic mass is 9.96. The third kappa shape index (κ3) is 4.38. The molecule has 0 heterocycles. The Labute approximate surface area is 137 Å². The molecule has 2 saturated carbocycles. The molecule has 2 atom stereocenters. The van der Waals surface area contributed by atoms with Crippen LogP contribution in [0.15, 0.2) is 24.3 Å². The minimum absolute atomic E-state index is 0.190. The van der Waals surface area contributed by atoms with E-state index in [2.05, 4.69) is 10.6 Å². The average molecular weight is 318 g/mol. The molecule has 2 fully saturated rings. The molecule has 23 heavy (non-hydrogen) atoms. The Bertz CT molecular complexity index is 531. The average Bonchev–Trinajstić information content (AvgIpc) is 2.93. The largest absolute Gasteiger partial charge is 0.490 e. The molecule has 1 aromatic rings. The third-order valence-corrected chi connectivity index (χ3v) is 4.90. The lowest BCUT2D eigenvalue weighted by Gasteiger charge is -2.27. The van der Waals surface area contributed by atoms with Crippen molar-refractivity contribution >= 4 is 6.03 Å². The first-order valence-electron chi connectivity index (χ1n) is 8.66. The van der Waals surface area contributed by atoms with Gasteiger partial charge in [0.1, 0.15) is 5.75 Å². The highest BCUT2D eigenvalue weighted by Gasteiger charge is 2.25. The van der Waals surface area contributed by atoms with Crippen LogP contribution in [-0.4, -0.2) is 29.9 Å². The number of hydrogen-bond acceptors (Lipinski definition) is 3. The number of urea groups is 1. The molecule has 5 nitrogen and oxygen atoms in total. The molecule has 0 aliphatic heterocycles. The summed E-state index contributed by atoms with van der Waals surface area (Å²) in [6.45, 7) is 0.981. The van der Waals surface area contributed by atoms with Crippen LogP contribution in [0.25, 0.3) is 0 Å². The SMILES string of the molecule is O=C(NCc1ccccc1OC1CCC1)NC[C@@H]1CCC[C@@H]1O. The molecule has 2 aliphatic rings. The number of carbonyl (C=O) groups is 1. The van der Waals surface area contributed by atoms with Gasteiger partial charge in [-0.3, -0.25) is 0 Å². The third-order valence-electron chi connectivity index (χ3n) is 4.90. The van der Waals surface area contributed by atoms with E-state index in [4.69, 9.17) is 4.74 Å². The van der Waals surface area contributed by atoms with Crippen LogP contribution < -0.4 is 15.4 Å². The van der Waals surface area contributed by atoms with Crippen molar-refractivity contribution in [1.29, 1.82) is 0 Å². The fraction of sp³-hybridized carbons (Fsp3) is 0.611. The summed E-state index contributed by atoms with van der Waals surface area (Å²) in [7, 11) is 0. The summed E-state index contributed by atoms with van der Waals surface area (Å²) in [5.74, 6) is 1.05. The fourth-order valence-corrected chi connectivity index (χ4v) is 3.15. The molecule has 0 bridgehead atoms. The summed E-state index contributed by atoms with van der Waals surface area (Å²) in [6, 6.07) is 7.66. The summed E-state index contributed by atoms with van der Waals surface area (Å²) in [4.78, 5) is 11.9. The molecule has 126 valence electrons. The van der Waals surface area contributed by atoms with E-state index in [9.17, 15) is 9.90 Å². The van der Waals surface area contributed by atoms with E-state index in [1.807, 2.05) is 24.3 Å². The van der Waals surface area contributed by atoms with E-state index in [-0.39, 0.29) is 18.1 Å². The maximum Gasteiger partial charge on any atom is 0.315 e. The minimum Gasteiger partial charge on any atom is -0.490 e. The van der Waals surface area contributed by atoms with Crippen LogP contribution in [0.5, 0.6) is 5.75 Å². The summed E-state index contributed by atoms with van der Waals surface area (Å²) < 4.78 is 5.96. The van der Waals surface area contributed by atoms with Crippen LogP contribution in [0.1, 0.15) is 44.1 Å². The number of nitrogens with one attached hydrogen (secondary N) is 2. The second kappa shape index (κ2) is 7.68. The Balaban J connectivity index is 1.44. The first-order valence-corrected chi connectivity index (χ1v) is 8.66. The lowest BCUT2D eigenvalue weighted by Crippen LogP contribution is -2.39. The first-order chi connectivity index (χ1) is 11.2. The Morgan fingerprint density at radius 1 is 1.13 bits per heavy atom. The predicted octanol–water partition coefficient (Wildman–Crippen LogP) is 2.58. The van der Waals surface area contributed by atoms with E-state index in [0.717, 1.165) is 43.4 Å². The predicted molar refractivity (Wildman–Crippen MR) is 88.3 cm³/mol. The van der Waals surface area contributed by atoms with Crippen LogP contribution in [-0.2, 0) is 6.54 Å². The highest BCUT2D eigenvalue weighted by atomic mass is 16.5. The van der Waals surface area contributed by atoms with Gasteiger partial charge in [-0.2, -0.15) is 0 Å². The minimum atomic E-state index is -0.271. The van der Waals surface area contributed by atoms with Crippen LogP contribution in [0.3, 0.4) is 0 Å². The van der Waals surface area contributed by atoms with Gasteiger partial charge in [0, 0.05) is 24.6 Å². The number of carbonyl (C=O) groups excluding carboxylic acids is 1. The van der Waals surface area contributed by atoms with Gasteiger partial charge in [-0.15, -0.1) is 0 Å². The fourth-order valence-electron chi connectivity index (χ4n) is 3.15. The van der Waals surface area contributed by atoms with E-state index >= 15 is 0 Å². The highest BCUT2D eigenvalue weighted by molar-refractivity contribution is 5.73. The summed E-state index contributed by atoms with van der Waals surface area (Å²) in [5, 5.41) is 15.5. The van der Waals surface area contributed by atoms with E-state index in [1.54, 1.807) is 0 Å². The van der Waals surface area contributed by atoms with Gasteiger partial charge in [0.25, 0.3) is 0 Å². The van der Waals surface area contributed by atoms with Crippen LogP contribution in [0.2, 0.25) is 0 Å². The lowest BCUT2D eigenvalue weighted by molar-refractivity contribution is 0.119. The Kier molecular flexibility index (Phi) is 5.39. The molecule has 0 unspecified atom stereocenters. The van der Waals surface area contributed by atoms with Crippen molar-refractivity contribution in [3.63, 3.8) is 0 Å². The number of benzene rings is 1. The number of para-hydroxylation sites is 1. The Morgan fingerprint density at radius 3 is 2.61 bits per heavy atom. The van der Waals surface area contributed by atoms with Gasteiger partial charge in [0.15, 0.2) is 0 Å². The van der Waals surface area contributed by atoms with Crippen LogP contribution >= 0.6 is 0 Å². The molecule has 2 aliphatic carbocycles. The molecule has 1 aromatic carbocycles. The zero-order valence-electron chi connectivity index (χ0n) is 13.5. The topological polar surface area (TPSA) is 70.6 Å². The van der Waals surface area contributed by atoms with Crippen molar-refractivity contribution in [2.24, 2.45) is 5.92 Å². The summed E-state index contributed by atoms with van der Waals surface area (Å²) >= 11 is 0. The number of ether oxygens (including phenoxy) is 1. The van der Waals surface area contributed by atoms with Crippen molar-refractivity contribution in [3.8, 4) is 5.75 Å². The number of rotatable bonds is 6. The first kappa shape index (κ1) is 16.1. The molecule has 2 amide bonds. The van der Waals surface area contributed by atoms with Gasteiger partial charge in [-0.1, -0.05) is 24.6 Å². The maximum absolute atomic E-state index is 11.9. The number of amides is 2. The Hall–Kier alpha value is -1.75. The Morgan fingerprint density at radius 2 is 1.91 bits per heavy atom. The molecule has 5 heteroatoms. The summed E-state index contributed by atoms with van der Waals surface area (Å²) in [5.41, 5.74) is 0.996. The smallest absolute Gasteiger partial charge is 0.315 e. The monoisotopic (exact) mass is 318 g/mol. The van der Waals surface area contributed by atoms with Crippen LogP contribution in [0.4, 0.5) is 4.79 Å². The highest BCUT2D eigenvalue weighted by Crippen LogP contribution is 2.27. The molecule has 3 N–H and O–H groups in total. The van der Waals surface area contributed by atoms with Gasteiger partial charge >= 0.3 is 6.03 Å². The summed E-state index contributed by atoms with van der Waals surface area (Å²) in [6.07, 6.45) is 6.40. The van der Waals surface area contributed by atoms with Gasteiger partial charge in [0.05, 0.1) is 12.2 Å². The van der Waals surface area contributed by atoms with Crippen molar-refractivity contribution < 1.29 is 14.6 Å². The molecular weight excluding hydrogens is 292 g/mol. The quantitative estimate of drug-likeness (QED) is 0.755. The van der Waals surface area contributed by atoms with Gasteiger partial charge in [-0.25, -0.2) is 4.79 Å². The second-order valence-electron chi connectivity index (χ2n) is 6.60. The van der Waals surface area contributed by atoms with Crippen molar-refractivity contribution in [1.82, 2.24) is 10.6 Å². The van der Waals surface area contributed by atoms with Crippen molar-refractivity contribution in [3.05, 3.63) is 29.8 Å². The number of aliphatic hydroxyl groups is 1. The molecule has 0 saturated heterocycles. The van der Waals surface area contributed by atoms with E-state index < -0.39 is 0 Å². The normalized spacial score (nSPS) is 24.0. The van der Waals surface area contributed by atoms with Gasteiger partial charge in [-0.05, 0) is 38.2 Å². The van der Waals surface area contributed by atoms with Gasteiger partial charge < -0.3 is 20.5 Å². The number of aliphatic hydroxyl groups excluding tert-OH is 1. The molecule has 0 aromatic heterocycles. The van der Waals surface area contributed by atoms with Crippen LogP contribution in [0, 0.1) is 5.92 Å². The van der Waals surface area contributed by atoms with Crippen molar-refractivity contribution in [2.75, 3.05) is 6.54 Å². The molecule has 0 radical (unpaired) electrons. The van der Waals surface area contributed by atoms with Crippen molar-refractivity contribution in [2.45, 2.75) is 57.3 Å². The standard InChI is InChI=1S/C18H26N2O3/c21-16-9-3-6-13(16)11-19-18(22)20-12-14-5-1-2-10-17(14)23-15-7-4-8-15/h1-2,5,10,13,15-16,21H,3-4,6-9,11-12H2,(H2,19,20,22)/t13-,16-/m0/s1. The molecule has 0 spiro atoms. The zero-order valence-corrected chi connectivity index (χ0v) is 13.5. The molecule has 3 rings (SSSR count). The van der Waals surface area contributed by atoms with Gasteiger partial charge in [0.2, 0.25) is 0 Å². The zero-order chi connectivity index (χ0) is 16.1. The maximum atomic E-state index is 11.9. The number of hydrogen-bond donors (Lipinski definition) is 3.